The van der Waals surface area contributed by atoms with Crippen LogP contribution >= 0.6 is 0 Å². The van der Waals surface area contributed by atoms with E-state index in [1.54, 1.807) is 0 Å². The Hall–Kier alpha value is -1.59. The van der Waals surface area contributed by atoms with Crippen LogP contribution in [0.3, 0.4) is 0 Å². The summed E-state index contributed by atoms with van der Waals surface area (Å²) in [4.78, 5) is 9.82. The molecule has 1 aromatic rings. The smallest absolute Gasteiger partial charge is 0.191 e. The van der Waals surface area contributed by atoms with Crippen LogP contribution < -0.4 is 10.6 Å². The Morgan fingerprint density at radius 2 is 2.00 bits per heavy atom. The average molecular weight is 360 g/mol. The molecule has 0 bridgehead atoms. The second-order valence-corrected chi connectivity index (χ2v) is 7.29. The molecule has 146 valence electrons. The van der Waals surface area contributed by atoms with Gasteiger partial charge in [0.05, 0.1) is 0 Å². The highest BCUT2D eigenvalue weighted by atomic mass is 15.3. The van der Waals surface area contributed by atoms with Crippen LogP contribution in [0.4, 0.5) is 0 Å². The molecule has 5 nitrogen and oxygen atoms in total. The molecule has 0 saturated carbocycles. The number of guanidine groups is 1. The van der Waals surface area contributed by atoms with Gasteiger partial charge in [-0.1, -0.05) is 37.3 Å². The number of nitrogens with zero attached hydrogens (tertiary/aromatic N) is 3. The van der Waals surface area contributed by atoms with Gasteiger partial charge in [0.1, 0.15) is 0 Å². The van der Waals surface area contributed by atoms with Crippen molar-refractivity contribution in [3.8, 4) is 0 Å². The highest BCUT2D eigenvalue weighted by Gasteiger charge is 2.25. The van der Waals surface area contributed by atoms with Gasteiger partial charge in [-0.3, -0.25) is 9.89 Å². The van der Waals surface area contributed by atoms with Crippen molar-refractivity contribution in [3.63, 3.8) is 0 Å². The summed E-state index contributed by atoms with van der Waals surface area (Å²) in [6.45, 7) is 12.7. The first kappa shape index (κ1) is 20.7. The molecule has 1 heterocycles. The minimum atomic E-state index is 0.452. The third kappa shape index (κ3) is 6.61. The SMILES string of the molecule is CCNC(=NCCCN1CCN(C)CC1c1ccccc1)NC(C)CC. The van der Waals surface area contributed by atoms with Crippen molar-refractivity contribution >= 4 is 5.96 Å². The predicted octanol–water partition coefficient (Wildman–Crippen LogP) is 2.72. The predicted molar refractivity (Wildman–Crippen MR) is 112 cm³/mol. The van der Waals surface area contributed by atoms with Crippen molar-refractivity contribution in [3.05, 3.63) is 35.9 Å². The van der Waals surface area contributed by atoms with E-state index in [1.807, 2.05) is 0 Å². The van der Waals surface area contributed by atoms with E-state index in [4.69, 9.17) is 4.99 Å². The third-order valence-electron chi connectivity index (χ3n) is 5.09. The molecule has 1 fully saturated rings. The first-order valence-corrected chi connectivity index (χ1v) is 10.2. The zero-order chi connectivity index (χ0) is 18.8. The molecule has 1 aromatic carbocycles. The maximum absolute atomic E-state index is 4.76. The molecule has 2 atom stereocenters. The molecule has 1 aliphatic heterocycles. The molecular formula is C21H37N5. The van der Waals surface area contributed by atoms with Crippen LogP contribution in [0, 0.1) is 0 Å². The molecule has 1 aliphatic rings. The van der Waals surface area contributed by atoms with Crippen LogP contribution in [-0.4, -0.2) is 68.1 Å². The van der Waals surface area contributed by atoms with Crippen LogP contribution in [0.5, 0.6) is 0 Å². The summed E-state index contributed by atoms with van der Waals surface area (Å²) in [5.41, 5.74) is 1.43. The van der Waals surface area contributed by atoms with Crippen molar-refractivity contribution < 1.29 is 0 Å². The lowest BCUT2D eigenvalue weighted by Crippen LogP contribution is -2.47. The Labute approximate surface area is 159 Å². The number of hydrogen-bond acceptors (Lipinski definition) is 3. The lowest BCUT2D eigenvalue weighted by molar-refractivity contribution is 0.0894. The Bertz CT molecular complexity index is 530. The summed E-state index contributed by atoms with van der Waals surface area (Å²) >= 11 is 0. The number of likely N-dealkylation sites (N-methyl/N-ethyl adjacent to an activating group) is 1. The molecule has 0 radical (unpaired) electrons. The van der Waals surface area contributed by atoms with E-state index in [0.29, 0.717) is 12.1 Å². The monoisotopic (exact) mass is 359 g/mol. The van der Waals surface area contributed by atoms with Crippen LogP contribution in [0.15, 0.2) is 35.3 Å². The molecule has 0 aromatic heterocycles. The van der Waals surface area contributed by atoms with Gasteiger partial charge in [0.15, 0.2) is 5.96 Å². The summed E-state index contributed by atoms with van der Waals surface area (Å²) < 4.78 is 0. The highest BCUT2D eigenvalue weighted by molar-refractivity contribution is 5.79. The molecule has 26 heavy (non-hydrogen) atoms. The lowest BCUT2D eigenvalue weighted by Gasteiger charge is -2.40. The fourth-order valence-electron chi connectivity index (χ4n) is 3.34. The van der Waals surface area contributed by atoms with E-state index in [-0.39, 0.29) is 0 Å². The molecule has 0 aliphatic carbocycles. The number of rotatable bonds is 8. The van der Waals surface area contributed by atoms with Gasteiger partial charge in [-0.15, -0.1) is 0 Å². The fraction of sp³-hybridized carbons (Fsp3) is 0.667. The van der Waals surface area contributed by atoms with Gasteiger partial charge in [-0.2, -0.15) is 0 Å². The summed E-state index contributed by atoms with van der Waals surface area (Å²) in [5, 5.41) is 6.81. The molecule has 2 N–H and O–H groups in total. The number of benzene rings is 1. The first-order chi connectivity index (χ1) is 12.6. The summed E-state index contributed by atoms with van der Waals surface area (Å²) in [7, 11) is 2.22. The molecule has 0 spiro atoms. The zero-order valence-electron chi connectivity index (χ0n) is 17.0. The standard InChI is InChI=1S/C21H37N5/c1-5-18(3)24-21(22-6-2)23-13-10-14-26-16-15-25(4)17-20(26)19-11-8-7-9-12-19/h7-9,11-12,18,20H,5-6,10,13-17H2,1-4H3,(H2,22,23,24). The molecule has 1 saturated heterocycles. The topological polar surface area (TPSA) is 42.9 Å². The summed E-state index contributed by atoms with van der Waals surface area (Å²) in [6.07, 6.45) is 2.19. The van der Waals surface area contributed by atoms with Gasteiger partial charge in [0.25, 0.3) is 0 Å². The van der Waals surface area contributed by atoms with Crippen LogP contribution in [-0.2, 0) is 0 Å². The lowest BCUT2D eigenvalue weighted by atomic mass is 10.0. The minimum Gasteiger partial charge on any atom is -0.357 e. The Kier molecular flexibility index (Phi) is 8.92. The maximum atomic E-state index is 4.76. The van der Waals surface area contributed by atoms with E-state index < -0.39 is 0 Å². The van der Waals surface area contributed by atoms with E-state index in [1.165, 1.54) is 5.56 Å². The second-order valence-electron chi connectivity index (χ2n) is 7.29. The number of aliphatic imine (C=N–C) groups is 1. The molecule has 2 unspecified atom stereocenters. The molecule has 5 heteroatoms. The molecule has 0 amide bonds. The van der Waals surface area contributed by atoms with E-state index in [0.717, 1.165) is 58.1 Å². The summed E-state index contributed by atoms with van der Waals surface area (Å²) in [6, 6.07) is 11.9. The van der Waals surface area contributed by atoms with Crippen molar-refractivity contribution in [2.75, 3.05) is 46.3 Å². The average Bonchev–Trinajstić information content (AvgIpc) is 2.66. The first-order valence-electron chi connectivity index (χ1n) is 10.2. The van der Waals surface area contributed by atoms with E-state index in [9.17, 15) is 0 Å². The van der Waals surface area contributed by atoms with Crippen LogP contribution in [0.1, 0.15) is 45.2 Å². The Morgan fingerprint density at radius 1 is 1.23 bits per heavy atom. The Morgan fingerprint density at radius 3 is 2.69 bits per heavy atom. The van der Waals surface area contributed by atoms with Crippen LogP contribution in [0.25, 0.3) is 0 Å². The zero-order valence-corrected chi connectivity index (χ0v) is 17.0. The molecular weight excluding hydrogens is 322 g/mol. The summed E-state index contributed by atoms with van der Waals surface area (Å²) in [5.74, 6) is 0.944. The van der Waals surface area contributed by atoms with E-state index in [2.05, 4.69) is 78.6 Å². The van der Waals surface area contributed by atoms with Crippen molar-refractivity contribution in [1.29, 1.82) is 0 Å². The normalized spacial score (nSPS) is 20.8. The maximum Gasteiger partial charge on any atom is 0.191 e. The number of hydrogen-bond donors (Lipinski definition) is 2. The van der Waals surface area contributed by atoms with Crippen molar-refractivity contribution in [2.45, 2.75) is 45.7 Å². The van der Waals surface area contributed by atoms with Crippen LogP contribution in [0.2, 0.25) is 0 Å². The van der Waals surface area contributed by atoms with Crippen molar-refractivity contribution in [1.82, 2.24) is 20.4 Å². The largest absolute Gasteiger partial charge is 0.357 e. The Balaban J connectivity index is 1.88. The molecule has 2 rings (SSSR count). The van der Waals surface area contributed by atoms with Gasteiger partial charge in [0.2, 0.25) is 0 Å². The van der Waals surface area contributed by atoms with Gasteiger partial charge < -0.3 is 15.5 Å². The minimum absolute atomic E-state index is 0.452. The third-order valence-corrected chi connectivity index (χ3v) is 5.09. The number of nitrogens with one attached hydrogen (secondary N) is 2. The van der Waals surface area contributed by atoms with Gasteiger partial charge in [-0.05, 0) is 39.3 Å². The second kappa shape index (κ2) is 11.2. The fourth-order valence-corrected chi connectivity index (χ4v) is 3.34. The van der Waals surface area contributed by atoms with Gasteiger partial charge in [-0.25, -0.2) is 0 Å². The van der Waals surface area contributed by atoms with E-state index >= 15 is 0 Å². The number of piperazine rings is 1. The van der Waals surface area contributed by atoms with Gasteiger partial charge in [0, 0.05) is 51.4 Å². The van der Waals surface area contributed by atoms with Gasteiger partial charge >= 0.3 is 0 Å². The quantitative estimate of drug-likeness (QED) is 0.425. The van der Waals surface area contributed by atoms with Crippen molar-refractivity contribution in [2.24, 2.45) is 4.99 Å². The highest BCUT2D eigenvalue weighted by Crippen LogP contribution is 2.24.